The molecule has 28 heavy (non-hydrogen) atoms. The molecule has 0 heterocycles. The standard InChI is InChI=1S/C19H17N3O6/c1-12-3-6-15(22(25)26)9-17(12)21-18(23)11-27-19(24)13(2)28-16-7-4-14(10-20)5-8-16/h3-9,13H,11H2,1-2H3,(H,21,23)/t13-/m0/s1. The fourth-order valence-corrected chi connectivity index (χ4v) is 2.16. The van der Waals surface area contributed by atoms with E-state index in [1.165, 1.54) is 25.1 Å². The van der Waals surface area contributed by atoms with E-state index in [0.717, 1.165) is 0 Å². The lowest BCUT2D eigenvalue weighted by atomic mass is 10.2. The Bertz CT molecular complexity index is 934. The highest BCUT2D eigenvalue weighted by atomic mass is 16.6. The van der Waals surface area contributed by atoms with Gasteiger partial charge in [0.25, 0.3) is 11.6 Å². The summed E-state index contributed by atoms with van der Waals surface area (Å²) in [7, 11) is 0. The summed E-state index contributed by atoms with van der Waals surface area (Å²) >= 11 is 0. The van der Waals surface area contributed by atoms with Crippen LogP contribution in [0.3, 0.4) is 0 Å². The van der Waals surface area contributed by atoms with E-state index in [0.29, 0.717) is 16.9 Å². The number of non-ortho nitro benzene ring substituents is 1. The van der Waals surface area contributed by atoms with Crippen LogP contribution in [0.25, 0.3) is 0 Å². The molecule has 0 saturated carbocycles. The normalized spacial score (nSPS) is 11.0. The highest BCUT2D eigenvalue weighted by Gasteiger charge is 2.18. The molecule has 1 N–H and O–H groups in total. The predicted molar refractivity (Wildman–Crippen MR) is 98.7 cm³/mol. The average Bonchev–Trinajstić information content (AvgIpc) is 2.68. The molecule has 1 amide bonds. The van der Waals surface area contributed by atoms with Gasteiger partial charge in [-0.3, -0.25) is 14.9 Å². The Hall–Kier alpha value is -3.93. The van der Waals surface area contributed by atoms with Crippen molar-refractivity contribution in [3.63, 3.8) is 0 Å². The van der Waals surface area contributed by atoms with Gasteiger partial charge >= 0.3 is 5.97 Å². The number of amides is 1. The molecule has 0 saturated heterocycles. The smallest absolute Gasteiger partial charge is 0.347 e. The number of benzene rings is 2. The van der Waals surface area contributed by atoms with Crippen LogP contribution in [0.15, 0.2) is 42.5 Å². The summed E-state index contributed by atoms with van der Waals surface area (Å²) < 4.78 is 10.3. The number of nitro benzene ring substituents is 1. The fraction of sp³-hybridized carbons (Fsp3) is 0.211. The first-order valence-corrected chi connectivity index (χ1v) is 8.18. The van der Waals surface area contributed by atoms with Gasteiger partial charge in [-0.1, -0.05) is 6.07 Å². The van der Waals surface area contributed by atoms with E-state index in [1.54, 1.807) is 31.2 Å². The van der Waals surface area contributed by atoms with E-state index in [4.69, 9.17) is 14.7 Å². The molecule has 144 valence electrons. The molecule has 0 spiro atoms. The van der Waals surface area contributed by atoms with Crippen LogP contribution in [0.5, 0.6) is 5.75 Å². The quantitative estimate of drug-likeness (QED) is 0.442. The summed E-state index contributed by atoms with van der Waals surface area (Å²) in [6.07, 6.45) is -0.972. The number of nitriles is 1. The predicted octanol–water partition coefficient (Wildman–Crippen LogP) is 2.72. The molecule has 0 radical (unpaired) electrons. The second-order valence-corrected chi connectivity index (χ2v) is 5.81. The van der Waals surface area contributed by atoms with Gasteiger partial charge in [0.15, 0.2) is 12.7 Å². The Morgan fingerprint density at radius 1 is 1.25 bits per heavy atom. The molecule has 2 aromatic carbocycles. The first kappa shape index (κ1) is 20.4. The minimum Gasteiger partial charge on any atom is -0.479 e. The van der Waals surface area contributed by atoms with Crippen LogP contribution in [0.1, 0.15) is 18.1 Å². The van der Waals surface area contributed by atoms with Gasteiger partial charge in [0.05, 0.1) is 22.2 Å². The Morgan fingerprint density at radius 3 is 2.54 bits per heavy atom. The number of nitrogens with zero attached hydrogens (tertiary/aromatic N) is 2. The largest absolute Gasteiger partial charge is 0.479 e. The fourth-order valence-electron chi connectivity index (χ4n) is 2.16. The third-order valence-corrected chi connectivity index (χ3v) is 3.68. The van der Waals surface area contributed by atoms with Crippen LogP contribution in [-0.4, -0.2) is 29.5 Å². The van der Waals surface area contributed by atoms with Crippen molar-refractivity contribution in [2.75, 3.05) is 11.9 Å². The van der Waals surface area contributed by atoms with E-state index < -0.39 is 29.5 Å². The van der Waals surface area contributed by atoms with E-state index in [2.05, 4.69) is 5.32 Å². The van der Waals surface area contributed by atoms with E-state index in [-0.39, 0.29) is 11.4 Å². The Morgan fingerprint density at radius 2 is 1.93 bits per heavy atom. The molecule has 1 atom stereocenters. The molecular formula is C19H17N3O6. The first-order valence-electron chi connectivity index (χ1n) is 8.18. The number of carbonyl (C=O) groups is 2. The monoisotopic (exact) mass is 383 g/mol. The van der Waals surface area contributed by atoms with E-state index in [1.807, 2.05) is 6.07 Å². The number of anilines is 1. The summed E-state index contributed by atoms with van der Waals surface area (Å²) in [4.78, 5) is 34.2. The highest BCUT2D eigenvalue weighted by Crippen LogP contribution is 2.21. The molecule has 9 nitrogen and oxygen atoms in total. The van der Waals surface area contributed by atoms with E-state index in [9.17, 15) is 19.7 Å². The number of aryl methyl sites for hydroxylation is 1. The number of esters is 1. The molecule has 0 aromatic heterocycles. The van der Waals surface area contributed by atoms with Gasteiger partial charge in [-0.05, 0) is 43.7 Å². The average molecular weight is 383 g/mol. The van der Waals surface area contributed by atoms with Crippen molar-refractivity contribution in [2.24, 2.45) is 0 Å². The molecular weight excluding hydrogens is 366 g/mol. The van der Waals surface area contributed by atoms with Crippen LogP contribution in [-0.2, 0) is 14.3 Å². The lowest BCUT2D eigenvalue weighted by Crippen LogP contribution is -2.29. The number of nitrogens with one attached hydrogen (secondary N) is 1. The van der Waals surface area contributed by atoms with Gasteiger partial charge in [0.2, 0.25) is 0 Å². The van der Waals surface area contributed by atoms with Gasteiger partial charge in [0.1, 0.15) is 5.75 Å². The van der Waals surface area contributed by atoms with Gasteiger partial charge in [-0.2, -0.15) is 5.26 Å². The third kappa shape index (κ3) is 5.54. The molecule has 9 heteroatoms. The number of nitro groups is 1. The molecule has 0 aliphatic rings. The number of ether oxygens (including phenoxy) is 2. The Labute approximate surface area is 160 Å². The van der Waals surface area contributed by atoms with Crippen molar-refractivity contribution in [1.82, 2.24) is 0 Å². The first-order chi connectivity index (χ1) is 13.3. The highest BCUT2D eigenvalue weighted by molar-refractivity contribution is 5.94. The van der Waals surface area contributed by atoms with Crippen LogP contribution in [0.4, 0.5) is 11.4 Å². The maximum Gasteiger partial charge on any atom is 0.347 e. The third-order valence-electron chi connectivity index (χ3n) is 3.68. The molecule has 0 aliphatic heterocycles. The Kier molecular flexibility index (Phi) is 6.65. The summed E-state index contributed by atoms with van der Waals surface area (Å²) in [6, 6.07) is 12.2. The van der Waals surface area contributed by atoms with Crippen LogP contribution >= 0.6 is 0 Å². The van der Waals surface area contributed by atoms with Crippen molar-refractivity contribution in [3.8, 4) is 11.8 Å². The summed E-state index contributed by atoms with van der Waals surface area (Å²) in [5, 5.41) is 22.0. The van der Waals surface area contributed by atoms with Crippen molar-refractivity contribution in [2.45, 2.75) is 20.0 Å². The molecule has 0 fully saturated rings. The van der Waals surface area contributed by atoms with Crippen LogP contribution < -0.4 is 10.1 Å². The number of hydrogen-bond donors (Lipinski definition) is 1. The second-order valence-electron chi connectivity index (χ2n) is 5.81. The molecule has 0 bridgehead atoms. The molecule has 0 aliphatic carbocycles. The zero-order valence-corrected chi connectivity index (χ0v) is 15.2. The lowest BCUT2D eigenvalue weighted by molar-refractivity contribution is -0.384. The topological polar surface area (TPSA) is 132 Å². The number of carbonyl (C=O) groups excluding carboxylic acids is 2. The van der Waals surface area contributed by atoms with Crippen molar-refractivity contribution in [1.29, 1.82) is 5.26 Å². The molecule has 2 aromatic rings. The van der Waals surface area contributed by atoms with Gasteiger partial charge < -0.3 is 14.8 Å². The maximum absolute atomic E-state index is 12.0. The van der Waals surface area contributed by atoms with E-state index >= 15 is 0 Å². The molecule has 0 unspecified atom stereocenters. The lowest BCUT2D eigenvalue weighted by Gasteiger charge is -2.14. The zero-order chi connectivity index (χ0) is 20.7. The zero-order valence-electron chi connectivity index (χ0n) is 15.2. The summed E-state index contributed by atoms with van der Waals surface area (Å²) in [6.45, 7) is 2.57. The minimum absolute atomic E-state index is 0.165. The number of hydrogen-bond acceptors (Lipinski definition) is 7. The Balaban J connectivity index is 1.87. The second kappa shape index (κ2) is 9.14. The maximum atomic E-state index is 12.0. The van der Waals surface area contributed by atoms with Crippen molar-refractivity contribution >= 4 is 23.3 Å². The number of rotatable bonds is 7. The molecule has 2 rings (SSSR count). The summed E-state index contributed by atoms with van der Waals surface area (Å²) in [5.41, 5.74) is 1.18. The van der Waals surface area contributed by atoms with Crippen LogP contribution in [0, 0.1) is 28.4 Å². The van der Waals surface area contributed by atoms with Crippen molar-refractivity contribution < 1.29 is 24.0 Å². The minimum atomic E-state index is -0.972. The summed E-state index contributed by atoms with van der Waals surface area (Å²) in [5.74, 6) is -1.02. The van der Waals surface area contributed by atoms with Gasteiger partial charge in [-0.25, -0.2) is 4.79 Å². The van der Waals surface area contributed by atoms with Gasteiger partial charge in [0, 0.05) is 12.1 Å². The van der Waals surface area contributed by atoms with Crippen molar-refractivity contribution in [3.05, 3.63) is 63.7 Å². The van der Waals surface area contributed by atoms with Gasteiger partial charge in [-0.15, -0.1) is 0 Å². The SMILES string of the molecule is Cc1ccc([N+](=O)[O-])cc1NC(=O)COC(=O)[C@H](C)Oc1ccc(C#N)cc1. The van der Waals surface area contributed by atoms with Crippen LogP contribution in [0.2, 0.25) is 0 Å².